The second-order valence-corrected chi connectivity index (χ2v) is 5.61. The largest absolute Gasteiger partial charge is 0.478 e. The van der Waals surface area contributed by atoms with Crippen molar-refractivity contribution in [1.29, 1.82) is 0 Å². The number of rotatable bonds is 1. The molecule has 0 amide bonds. The lowest BCUT2D eigenvalue weighted by atomic mass is 10.0. The lowest BCUT2D eigenvalue weighted by Gasteiger charge is -2.11. The number of carboxylic acids is 1. The molecule has 0 unspecified atom stereocenters. The predicted octanol–water partition coefficient (Wildman–Crippen LogP) is 2.86. The highest BCUT2D eigenvalue weighted by atomic mass is 32.1. The van der Waals surface area contributed by atoms with E-state index in [0.717, 1.165) is 18.5 Å². The Kier molecular flexibility index (Phi) is 2.08. The van der Waals surface area contributed by atoms with Gasteiger partial charge in [0.1, 0.15) is 5.65 Å². The Bertz CT molecular complexity index is 816. The van der Waals surface area contributed by atoms with Gasteiger partial charge in [0.25, 0.3) is 0 Å². The molecule has 0 bridgehead atoms. The predicted molar refractivity (Wildman–Crippen MR) is 72.9 cm³/mol. The Morgan fingerprint density at radius 3 is 3.11 bits per heavy atom. The number of aromatic nitrogens is 2. The van der Waals surface area contributed by atoms with Gasteiger partial charge in [-0.3, -0.25) is 0 Å². The molecule has 94 valence electrons. The highest BCUT2D eigenvalue weighted by Gasteiger charge is 2.22. The van der Waals surface area contributed by atoms with Gasteiger partial charge in [0.15, 0.2) is 0 Å². The van der Waals surface area contributed by atoms with Crippen molar-refractivity contribution in [2.45, 2.75) is 12.8 Å². The summed E-state index contributed by atoms with van der Waals surface area (Å²) in [5.74, 6) is -0.917. The van der Waals surface area contributed by atoms with Gasteiger partial charge >= 0.3 is 5.97 Å². The zero-order chi connectivity index (χ0) is 13.0. The van der Waals surface area contributed by atoms with Crippen molar-refractivity contribution in [2.24, 2.45) is 0 Å². The van der Waals surface area contributed by atoms with E-state index in [1.165, 1.54) is 16.1 Å². The van der Waals surface area contributed by atoms with Crippen molar-refractivity contribution < 1.29 is 9.90 Å². The van der Waals surface area contributed by atoms with Crippen LogP contribution < -0.4 is 0 Å². The summed E-state index contributed by atoms with van der Waals surface area (Å²) in [6.07, 6.45) is 3.80. The number of carbonyl (C=O) groups is 1. The highest BCUT2D eigenvalue weighted by Crippen LogP contribution is 2.36. The fourth-order valence-electron chi connectivity index (χ4n) is 2.66. The molecule has 1 aliphatic carbocycles. The highest BCUT2D eigenvalue weighted by molar-refractivity contribution is 7.10. The molecule has 0 aliphatic heterocycles. The van der Waals surface area contributed by atoms with Gasteiger partial charge in [-0.2, -0.15) is 0 Å². The van der Waals surface area contributed by atoms with Gasteiger partial charge in [-0.1, -0.05) is 0 Å². The van der Waals surface area contributed by atoms with Crippen LogP contribution in [-0.2, 0) is 12.8 Å². The van der Waals surface area contributed by atoms with Crippen LogP contribution >= 0.6 is 11.3 Å². The summed E-state index contributed by atoms with van der Waals surface area (Å²) in [4.78, 5) is 17.0. The zero-order valence-electron chi connectivity index (χ0n) is 9.96. The molecule has 1 aliphatic rings. The Morgan fingerprint density at radius 1 is 1.37 bits per heavy atom. The van der Waals surface area contributed by atoms with Crippen LogP contribution in [0.3, 0.4) is 0 Å². The number of imidazole rings is 1. The Hall–Kier alpha value is -2.14. The van der Waals surface area contributed by atoms with E-state index in [9.17, 15) is 4.79 Å². The van der Waals surface area contributed by atoms with E-state index in [0.29, 0.717) is 5.65 Å². The molecule has 4 rings (SSSR count). The molecule has 0 saturated heterocycles. The molecule has 3 aromatic rings. The maximum atomic E-state index is 11.0. The van der Waals surface area contributed by atoms with Crippen molar-refractivity contribution in [3.8, 4) is 11.3 Å². The minimum atomic E-state index is -0.917. The van der Waals surface area contributed by atoms with Gasteiger partial charge in [-0.15, -0.1) is 11.3 Å². The van der Waals surface area contributed by atoms with E-state index < -0.39 is 5.97 Å². The van der Waals surface area contributed by atoms with Gasteiger partial charge in [0.2, 0.25) is 0 Å². The standard InChI is InChI=1S/C14H10N2O2S/c17-14(18)8-3-5-16-10-1-2-11-9(4-6-19-11)13(10)15-12(16)7-8/h3-7H,1-2H2,(H,17,18). The van der Waals surface area contributed by atoms with Crippen LogP contribution in [0, 0.1) is 0 Å². The smallest absolute Gasteiger partial charge is 0.335 e. The van der Waals surface area contributed by atoms with Gasteiger partial charge < -0.3 is 9.51 Å². The van der Waals surface area contributed by atoms with Crippen molar-refractivity contribution in [1.82, 2.24) is 9.38 Å². The molecule has 0 aromatic carbocycles. The summed E-state index contributed by atoms with van der Waals surface area (Å²) in [6.45, 7) is 0. The van der Waals surface area contributed by atoms with E-state index in [1.54, 1.807) is 23.5 Å². The summed E-state index contributed by atoms with van der Waals surface area (Å²) in [5.41, 5.74) is 4.37. The summed E-state index contributed by atoms with van der Waals surface area (Å²) >= 11 is 1.76. The molecule has 0 radical (unpaired) electrons. The normalized spacial score (nSPS) is 13.3. The number of pyridine rings is 1. The van der Waals surface area contributed by atoms with Crippen molar-refractivity contribution >= 4 is 23.0 Å². The van der Waals surface area contributed by atoms with Crippen LogP contribution in [0.1, 0.15) is 20.9 Å². The second kappa shape index (κ2) is 3.68. The first-order valence-electron chi connectivity index (χ1n) is 6.05. The molecule has 19 heavy (non-hydrogen) atoms. The lowest BCUT2D eigenvalue weighted by molar-refractivity contribution is 0.0697. The molecular formula is C14H10N2O2S. The van der Waals surface area contributed by atoms with E-state index >= 15 is 0 Å². The van der Waals surface area contributed by atoms with Crippen LogP contribution in [0.5, 0.6) is 0 Å². The lowest BCUT2D eigenvalue weighted by Crippen LogP contribution is -2.03. The number of aryl methyl sites for hydroxylation is 2. The number of fused-ring (bicyclic) bond motifs is 5. The average Bonchev–Trinajstić information content (AvgIpc) is 3.01. The van der Waals surface area contributed by atoms with Crippen LogP contribution in [0.25, 0.3) is 16.9 Å². The summed E-state index contributed by atoms with van der Waals surface area (Å²) < 4.78 is 2.00. The molecule has 0 fully saturated rings. The molecule has 0 saturated carbocycles. The second-order valence-electron chi connectivity index (χ2n) is 4.61. The molecule has 0 spiro atoms. The molecule has 3 heterocycles. The molecule has 1 N–H and O–H groups in total. The third-order valence-corrected chi connectivity index (χ3v) is 4.54. The SMILES string of the molecule is O=C(O)c1ccn2c3c(nc2c1)-c1ccsc1CC3. The minimum Gasteiger partial charge on any atom is -0.478 e. The molecule has 5 heteroatoms. The average molecular weight is 270 g/mol. The van der Waals surface area contributed by atoms with Crippen LogP contribution in [-0.4, -0.2) is 20.5 Å². The van der Waals surface area contributed by atoms with Gasteiger partial charge in [-0.05, 0) is 36.4 Å². The number of aromatic carboxylic acids is 1. The first-order chi connectivity index (χ1) is 9.24. The first-order valence-corrected chi connectivity index (χ1v) is 6.93. The van der Waals surface area contributed by atoms with E-state index in [2.05, 4.69) is 16.4 Å². The van der Waals surface area contributed by atoms with Crippen LogP contribution in [0.2, 0.25) is 0 Å². The molecule has 3 aromatic heterocycles. The molecular weight excluding hydrogens is 260 g/mol. The number of thiophene rings is 1. The minimum absolute atomic E-state index is 0.278. The van der Waals surface area contributed by atoms with Crippen LogP contribution in [0.4, 0.5) is 0 Å². The Morgan fingerprint density at radius 2 is 2.26 bits per heavy atom. The molecule has 0 atom stereocenters. The number of hydrogen-bond donors (Lipinski definition) is 1. The van der Waals surface area contributed by atoms with Gasteiger partial charge in [0, 0.05) is 16.6 Å². The number of carboxylic acid groups (broad SMARTS) is 1. The third-order valence-electron chi connectivity index (χ3n) is 3.56. The Labute approximate surface area is 113 Å². The van der Waals surface area contributed by atoms with Crippen molar-refractivity contribution in [3.63, 3.8) is 0 Å². The fraction of sp³-hybridized carbons (Fsp3) is 0.143. The fourth-order valence-corrected chi connectivity index (χ4v) is 3.54. The molecule has 4 nitrogen and oxygen atoms in total. The quantitative estimate of drug-likeness (QED) is 0.739. The monoisotopic (exact) mass is 270 g/mol. The summed E-state index contributed by atoms with van der Waals surface area (Å²) in [5, 5.41) is 11.1. The topological polar surface area (TPSA) is 54.6 Å². The van der Waals surface area contributed by atoms with E-state index in [-0.39, 0.29) is 5.56 Å². The van der Waals surface area contributed by atoms with Crippen molar-refractivity contribution in [2.75, 3.05) is 0 Å². The Balaban J connectivity index is 2.01. The number of hydrogen-bond acceptors (Lipinski definition) is 3. The first kappa shape index (κ1) is 10.8. The third kappa shape index (κ3) is 1.45. The maximum absolute atomic E-state index is 11.0. The maximum Gasteiger partial charge on any atom is 0.335 e. The van der Waals surface area contributed by atoms with Gasteiger partial charge in [0.05, 0.1) is 17.0 Å². The van der Waals surface area contributed by atoms with E-state index in [1.807, 2.05) is 10.6 Å². The van der Waals surface area contributed by atoms with E-state index in [4.69, 9.17) is 5.11 Å². The summed E-state index contributed by atoms with van der Waals surface area (Å²) in [7, 11) is 0. The summed E-state index contributed by atoms with van der Waals surface area (Å²) in [6, 6.07) is 5.36. The van der Waals surface area contributed by atoms with Gasteiger partial charge in [-0.25, -0.2) is 9.78 Å². The van der Waals surface area contributed by atoms with Crippen molar-refractivity contribution in [3.05, 3.63) is 45.9 Å². The van der Waals surface area contributed by atoms with Crippen LogP contribution in [0.15, 0.2) is 29.8 Å². The zero-order valence-corrected chi connectivity index (χ0v) is 10.8. The number of nitrogens with zero attached hydrogens (tertiary/aromatic N) is 2.